The monoisotopic (exact) mass is 662 g/mol. The van der Waals surface area contributed by atoms with Gasteiger partial charge < -0.3 is 4.42 Å². The maximum absolute atomic E-state index is 6.76. The van der Waals surface area contributed by atoms with Gasteiger partial charge in [-0.15, -0.1) is 0 Å². The molecule has 0 N–H and O–H groups in total. The molecule has 1 heteroatoms. The summed E-state index contributed by atoms with van der Waals surface area (Å²) in [6, 6.07) is 62.2. The van der Waals surface area contributed by atoms with E-state index >= 15 is 0 Å². The third-order valence-corrected chi connectivity index (χ3v) is 11.6. The van der Waals surface area contributed by atoms with Crippen LogP contribution in [0.2, 0.25) is 0 Å². The maximum Gasteiger partial charge on any atom is 0.140 e. The number of para-hydroxylation sites is 1. The average Bonchev–Trinajstić information content (AvgIpc) is 3.69. The van der Waals surface area contributed by atoms with Gasteiger partial charge in [-0.05, 0) is 101 Å². The molecule has 10 aromatic rings. The van der Waals surface area contributed by atoms with Crippen molar-refractivity contribution in [2.24, 2.45) is 0 Å². The fraction of sp³-hybridized carbons (Fsp3) is 0.0588. The highest BCUT2D eigenvalue weighted by Crippen LogP contribution is 2.56. The van der Waals surface area contributed by atoms with Gasteiger partial charge in [0.05, 0.1) is 0 Å². The van der Waals surface area contributed by atoms with Crippen LogP contribution in [-0.2, 0) is 5.41 Å². The highest BCUT2D eigenvalue weighted by molar-refractivity contribution is 6.25. The standard InChI is InChI=1S/C51H34O/c1-51(2)43-28-27-33(30-42(43)47-39-23-10-11-24-40(39)48-41-25-12-13-26-44(41)52-50(48)49(47)51)32-17-14-18-34(29-32)46-37-21-8-6-19-35(37)45(31-15-4-3-5-16-31)36-20-7-9-22-38(36)46/h3-30H,1-2H3. The molecule has 0 bridgehead atoms. The van der Waals surface area contributed by atoms with Crippen LogP contribution in [0, 0.1) is 0 Å². The lowest BCUT2D eigenvalue weighted by atomic mass is 9.80. The van der Waals surface area contributed by atoms with Crippen LogP contribution in [0.25, 0.3) is 98.8 Å². The summed E-state index contributed by atoms with van der Waals surface area (Å²) in [6.07, 6.45) is 0. The highest BCUT2D eigenvalue weighted by atomic mass is 16.3. The molecule has 1 aromatic heterocycles. The Bertz CT molecular complexity index is 3030. The third-order valence-electron chi connectivity index (χ3n) is 11.6. The van der Waals surface area contributed by atoms with Gasteiger partial charge >= 0.3 is 0 Å². The normalized spacial score (nSPS) is 13.3. The molecule has 1 aliphatic carbocycles. The Balaban J connectivity index is 1.14. The van der Waals surface area contributed by atoms with E-state index in [0.717, 1.165) is 11.2 Å². The molecule has 1 nitrogen and oxygen atoms in total. The predicted octanol–water partition coefficient (Wildman–Crippen LogP) is 14.4. The predicted molar refractivity (Wildman–Crippen MR) is 220 cm³/mol. The first-order valence-electron chi connectivity index (χ1n) is 18.2. The fourth-order valence-corrected chi connectivity index (χ4v) is 9.35. The van der Waals surface area contributed by atoms with Gasteiger partial charge in [-0.2, -0.15) is 0 Å². The second-order valence-corrected chi connectivity index (χ2v) is 14.8. The minimum absolute atomic E-state index is 0.223. The molecule has 0 amide bonds. The van der Waals surface area contributed by atoms with Crippen molar-refractivity contribution in [1.29, 1.82) is 0 Å². The summed E-state index contributed by atoms with van der Waals surface area (Å²) in [5.74, 6) is 0. The van der Waals surface area contributed by atoms with Gasteiger partial charge in [-0.25, -0.2) is 0 Å². The molecule has 0 saturated heterocycles. The molecule has 11 rings (SSSR count). The molecule has 1 heterocycles. The number of furan rings is 1. The van der Waals surface area contributed by atoms with Crippen molar-refractivity contribution in [3.8, 4) is 44.5 Å². The Morgan fingerprint density at radius 2 is 0.885 bits per heavy atom. The number of fused-ring (bicyclic) bond motifs is 12. The zero-order chi connectivity index (χ0) is 34.6. The minimum Gasteiger partial charge on any atom is -0.456 e. The van der Waals surface area contributed by atoms with Crippen LogP contribution in [0.1, 0.15) is 25.0 Å². The van der Waals surface area contributed by atoms with E-state index in [9.17, 15) is 0 Å². The van der Waals surface area contributed by atoms with Gasteiger partial charge in [-0.1, -0.05) is 166 Å². The van der Waals surface area contributed by atoms with E-state index in [1.807, 2.05) is 0 Å². The van der Waals surface area contributed by atoms with E-state index in [4.69, 9.17) is 4.42 Å². The summed E-state index contributed by atoms with van der Waals surface area (Å²) in [6.45, 7) is 4.71. The molecule has 0 fully saturated rings. The molecule has 0 aliphatic heterocycles. The topological polar surface area (TPSA) is 13.1 Å². The molecule has 0 spiro atoms. The van der Waals surface area contributed by atoms with Crippen LogP contribution >= 0.6 is 0 Å². The molecule has 9 aromatic carbocycles. The van der Waals surface area contributed by atoms with Gasteiger partial charge in [0, 0.05) is 21.8 Å². The summed E-state index contributed by atoms with van der Waals surface area (Å²) < 4.78 is 6.76. The largest absolute Gasteiger partial charge is 0.456 e. The van der Waals surface area contributed by atoms with E-state index in [2.05, 4.69) is 184 Å². The van der Waals surface area contributed by atoms with Crippen molar-refractivity contribution in [3.63, 3.8) is 0 Å². The van der Waals surface area contributed by atoms with Gasteiger partial charge in [0.2, 0.25) is 0 Å². The molecule has 52 heavy (non-hydrogen) atoms. The van der Waals surface area contributed by atoms with E-state index in [1.165, 1.54) is 98.7 Å². The van der Waals surface area contributed by atoms with Crippen molar-refractivity contribution in [2.45, 2.75) is 19.3 Å². The minimum atomic E-state index is -0.223. The summed E-state index contributed by atoms with van der Waals surface area (Å²) in [5.41, 5.74) is 14.4. The third kappa shape index (κ3) is 3.99. The lowest BCUT2D eigenvalue weighted by Crippen LogP contribution is -2.15. The van der Waals surface area contributed by atoms with E-state index in [1.54, 1.807) is 0 Å². The Morgan fingerprint density at radius 1 is 0.385 bits per heavy atom. The summed E-state index contributed by atoms with van der Waals surface area (Å²) in [5, 5.41) is 10.0. The lowest BCUT2D eigenvalue weighted by molar-refractivity contribution is 0.620. The van der Waals surface area contributed by atoms with Gasteiger partial charge in [0.15, 0.2) is 0 Å². The Morgan fingerprint density at radius 3 is 1.56 bits per heavy atom. The first-order valence-corrected chi connectivity index (χ1v) is 18.2. The summed E-state index contributed by atoms with van der Waals surface area (Å²) in [7, 11) is 0. The van der Waals surface area contributed by atoms with Crippen molar-refractivity contribution >= 4 is 54.3 Å². The van der Waals surface area contributed by atoms with Crippen LogP contribution < -0.4 is 0 Å². The Labute approximate surface area is 302 Å². The van der Waals surface area contributed by atoms with Crippen LogP contribution in [0.3, 0.4) is 0 Å². The quantitative estimate of drug-likeness (QED) is 0.172. The second kappa shape index (κ2) is 10.8. The zero-order valence-corrected chi connectivity index (χ0v) is 29.1. The maximum atomic E-state index is 6.76. The molecule has 0 saturated carbocycles. The molecule has 0 unspecified atom stereocenters. The van der Waals surface area contributed by atoms with E-state index in [-0.39, 0.29) is 5.41 Å². The molecule has 0 radical (unpaired) electrons. The van der Waals surface area contributed by atoms with Gasteiger partial charge in [-0.3, -0.25) is 0 Å². The number of hydrogen-bond donors (Lipinski definition) is 0. The van der Waals surface area contributed by atoms with E-state index < -0.39 is 0 Å². The smallest absolute Gasteiger partial charge is 0.140 e. The molecule has 244 valence electrons. The van der Waals surface area contributed by atoms with Crippen LogP contribution in [-0.4, -0.2) is 0 Å². The van der Waals surface area contributed by atoms with Crippen molar-refractivity contribution in [1.82, 2.24) is 0 Å². The van der Waals surface area contributed by atoms with Gasteiger partial charge in [0.1, 0.15) is 11.2 Å². The average molecular weight is 663 g/mol. The first-order chi connectivity index (χ1) is 25.6. The fourth-order valence-electron chi connectivity index (χ4n) is 9.35. The highest BCUT2D eigenvalue weighted by Gasteiger charge is 2.40. The van der Waals surface area contributed by atoms with E-state index in [0.29, 0.717) is 0 Å². The summed E-state index contributed by atoms with van der Waals surface area (Å²) >= 11 is 0. The van der Waals surface area contributed by atoms with Crippen molar-refractivity contribution in [3.05, 3.63) is 181 Å². The van der Waals surface area contributed by atoms with Crippen molar-refractivity contribution < 1.29 is 4.42 Å². The Hall–Kier alpha value is -6.44. The SMILES string of the molecule is CC1(C)c2ccc(-c3cccc(-c4c5ccccc5c(-c5ccccc5)c5ccccc45)c3)cc2-c2c1c1oc3ccccc3c1c1ccccc21. The number of hydrogen-bond acceptors (Lipinski definition) is 1. The van der Waals surface area contributed by atoms with Crippen LogP contribution in [0.4, 0.5) is 0 Å². The molecular formula is C51H34O. The molecular weight excluding hydrogens is 629 g/mol. The number of benzene rings is 9. The summed E-state index contributed by atoms with van der Waals surface area (Å²) in [4.78, 5) is 0. The molecule has 0 atom stereocenters. The van der Waals surface area contributed by atoms with Crippen LogP contribution in [0.5, 0.6) is 0 Å². The molecule has 1 aliphatic rings. The van der Waals surface area contributed by atoms with Gasteiger partial charge in [0.25, 0.3) is 0 Å². The number of rotatable bonds is 3. The zero-order valence-electron chi connectivity index (χ0n) is 29.1. The first kappa shape index (κ1) is 29.3. The second-order valence-electron chi connectivity index (χ2n) is 14.8. The lowest BCUT2D eigenvalue weighted by Gasteiger charge is -2.22. The van der Waals surface area contributed by atoms with Crippen molar-refractivity contribution in [2.75, 3.05) is 0 Å². The Kier molecular flexibility index (Phi) is 6.08. The van der Waals surface area contributed by atoms with Crippen LogP contribution in [0.15, 0.2) is 174 Å².